The molecule has 0 bridgehead atoms. The summed E-state index contributed by atoms with van der Waals surface area (Å²) in [7, 11) is 0. The van der Waals surface area contributed by atoms with E-state index in [2.05, 4.69) is 5.32 Å². The van der Waals surface area contributed by atoms with Crippen molar-refractivity contribution in [3.63, 3.8) is 0 Å². The molecule has 2 atom stereocenters. The highest BCUT2D eigenvalue weighted by Gasteiger charge is 2.38. The van der Waals surface area contributed by atoms with Gasteiger partial charge in [0.25, 0.3) is 0 Å². The van der Waals surface area contributed by atoms with Gasteiger partial charge in [0.1, 0.15) is 0 Å². The summed E-state index contributed by atoms with van der Waals surface area (Å²) in [4.78, 5) is 0. The summed E-state index contributed by atoms with van der Waals surface area (Å²) >= 11 is 0. The molecule has 1 aromatic rings. The lowest BCUT2D eigenvalue weighted by Crippen LogP contribution is -2.22. The van der Waals surface area contributed by atoms with Gasteiger partial charge in [-0.05, 0) is 43.7 Å². The summed E-state index contributed by atoms with van der Waals surface area (Å²) in [5.41, 5.74) is -2.41. The van der Waals surface area contributed by atoms with Gasteiger partial charge in [0.15, 0.2) is 0 Å². The van der Waals surface area contributed by atoms with Gasteiger partial charge in [0.2, 0.25) is 0 Å². The van der Waals surface area contributed by atoms with Crippen LogP contribution in [0, 0.1) is 0 Å². The van der Waals surface area contributed by atoms with Crippen LogP contribution in [0.2, 0.25) is 0 Å². The lowest BCUT2D eigenvalue weighted by Gasteiger charge is -2.20. The Morgan fingerprint density at radius 3 is 1.80 bits per heavy atom. The van der Waals surface area contributed by atoms with Crippen molar-refractivity contribution < 1.29 is 26.3 Å². The Balaban J connectivity index is 2.51. The van der Waals surface area contributed by atoms with Gasteiger partial charge in [-0.15, -0.1) is 0 Å². The van der Waals surface area contributed by atoms with Crippen molar-refractivity contribution in [1.82, 2.24) is 5.32 Å². The molecule has 1 aliphatic heterocycles. The van der Waals surface area contributed by atoms with E-state index in [1.54, 1.807) is 6.92 Å². The first-order chi connectivity index (χ1) is 9.09. The van der Waals surface area contributed by atoms with Crippen LogP contribution in [0.25, 0.3) is 0 Å². The summed E-state index contributed by atoms with van der Waals surface area (Å²) in [6, 6.07) is 1.67. The van der Waals surface area contributed by atoms with Crippen molar-refractivity contribution in [2.75, 3.05) is 6.54 Å². The Morgan fingerprint density at radius 1 is 0.950 bits per heavy atom. The van der Waals surface area contributed by atoms with Crippen LogP contribution in [0.3, 0.4) is 0 Å². The minimum absolute atomic E-state index is 0.0876. The summed E-state index contributed by atoms with van der Waals surface area (Å²) < 4.78 is 76.4. The van der Waals surface area contributed by atoms with E-state index in [0.717, 1.165) is 12.1 Å². The molecule has 1 fully saturated rings. The van der Waals surface area contributed by atoms with Gasteiger partial charge in [-0.2, -0.15) is 26.3 Å². The summed E-state index contributed by atoms with van der Waals surface area (Å²) in [5, 5.41) is 3.02. The summed E-state index contributed by atoms with van der Waals surface area (Å²) in [5.74, 6) is -0.335. The third-order valence-electron chi connectivity index (χ3n) is 3.56. The number of rotatable bonds is 1. The maximum absolute atomic E-state index is 12.7. The zero-order valence-electron chi connectivity index (χ0n) is 10.6. The monoisotopic (exact) mass is 297 g/mol. The maximum atomic E-state index is 12.7. The van der Waals surface area contributed by atoms with Crippen molar-refractivity contribution in [1.29, 1.82) is 0 Å². The highest BCUT2D eigenvalue weighted by molar-refractivity contribution is 5.36. The van der Waals surface area contributed by atoms with Gasteiger partial charge >= 0.3 is 12.4 Å². The van der Waals surface area contributed by atoms with Crippen LogP contribution in [0.1, 0.15) is 36.0 Å². The van der Waals surface area contributed by atoms with Crippen LogP contribution in [-0.4, -0.2) is 12.6 Å². The predicted molar refractivity (Wildman–Crippen MR) is 61.3 cm³/mol. The second-order valence-corrected chi connectivity index (χ2v) is 4.98. The predicted octanol–water partition coefficient (Wildman–Crippen LogP) is 4.19. The zero-order chi connectivity index (χ0) is 15.1. The van der Waals surface area contributed by atoms with Crippen molar-refractivity contribution in [2.24, 2.45) is 0 Å². The number of hydrogen-bond donors (Lipinski definition) is 1. The molecule has 2 unspecified atom stereocenters. The molecule has 1 aliphatic rings. The van der Waals surface area contributed by atoms with E-state index in [9.17, 15) is 26.3 Å². The van der Waals surface area contributed by atoms with Crippen molar-refractivity contribution in [3.05, 3.63) is 34.9 Å². The first-order valence-electron chi connectivity index (χ1n) is 6.12. The molecule has 0 radical (unpaired) electrons. The molecule has 1 aromatic carbocycles. The van der Waals surface area contributed by atoms with E-state index in [4.69, 9.17) is 0 Å². The Morgan fingerprint density at radius 2 is 1.45 bits per heavy atom. The molecule has 1 saturated heterocycles. The second-order valence-electron chi connectivity index (χ2n) is 4.98. The Bertz CT molecular complexity index is 458. The zero-order valence-corrected chi connectivity index (χ0v) is 10.6. The normalized spacial score (nSPS) is 24.1. The summed E-state index contributed by atoms with van der Waals surface area (Å²) in [6.07, 6.45) is -9.05. The molecule has 1 nitrogen and oxygen atoms in total. The topological polar surface area (TPSA) is 12.0 Å². The Kier molecular flexibility index (Phi) is 3.75. The molecular weight excluding hydrogens is 284 g/mol. The lowest BCUT2D eigenvalue weighted by molar-refractivity contribution is -0.143. The van der Waals surface area contributed by atoms with E-state index in [1.165, 1.54) is 0 Å². The van der Waals surface area contributed by atoms with Gasteiger partial charge in [0.05, 0.1) is 11.1 Å². The largest absolute Gasteiger partial charge is 0.416 e. The van der Waals surface area contributed by atoms with Crippen molar-refractivity contribution in [2.45, 2.75) is 37.7 Å². The highest BCUT2D eigenvalue weighted by Crippen LogP contribution is 2.39. The van der Waals surface area contributed by atoms with E-state index < -0.39 is 23.5 Å². The van der Waals surface area contributed by atoms with Crippen LogP contribution in [-0.2, 0) is 12.4 Å². The number of halogens is 6. The average molecular weight is 297 g/mol. The smallest absolute Gasteiger partial charge is 0.314 e. The third kappa shape index (κ3) is 3.08. The van der Waals surface area contributed by atoms with Gasteiger partial charge in [0, 0.05) is 12.0 Å². The first-order valence-corrected chi connectivity index (χ1v) is 6.12. The molecular formula is C13H13F6N. The van der Waals surface area contributed by atoms with E-state index in [-0.39, 0.29) is 23.6 Å². The summed E-state index contributed by atoms with van der Waals surface area (Å²) in [6.45, 7) is 2.34. The fourth-order valence-corrected chi connectivity index (χ4v) is 2.51. The molecule has 1 heterocycles. The van der Waals surface area contributed by atoms with Crippen LogP contribution in [0.15, 0.2) is 18.2 Å². The molecule has 0 aliphatic carbocycles. The fourth-order valence-electron chi connectivity index (χ4n) is 2.51. The van der Waals surface area contributed by atoms with Gasteiger partial charge in [-0.1, -0.05) is 0 Å². The first kappa shape index (κ1) is 15.2. The highest BCUT2D eigenvalue weighted by atomic mass is 19.4. The number of alkyl halides is 6. The molecule has 0 spiro atoms. The number of nitrogens with one attached hydrogen (secondary N) is 1. The van der Waals surface area contributed by atoms with E-state index in [0.29, 0.717) is 13.0 Å². The van der Waals surface area contributed by atoms with Gasteiger partial charge < -0.3 is 5.32 Å². The maximum Gasteiger partial charge on any atom is 0.416 e. The minimum Gasteiger partial charge on any atom is -0.314 e. The van der Waals surface area contributed by atoms with Crippen LogP contribution >= 0.6 is 0 Å². The van der Waals surface area contributed by atoms with E-state index in [1.807, 2.05) is 0 Å². The van der Waals surface area contributed by atoms with Gasteiger partial charge in [-0.3, -0.25) is 0 Å². The van der Waals surface area contributed by atoms with Crippen molar-refractivity contribution in [3.8, 4) is 0 Å². The average Bonchev–Trinajstić information content (AvgIpc) is 2.72. The third-order valence-corrected chi connectivity index (χ3v) is 3.56. The minimum atomic E-state index is -4.79. The quantitative estimate of drug-likeness (QED) is 0.766. The second kappa shape index (κ2) is 4.95. The molecule has 1 N–H and O–H groups in total. The SMILES string of the molecule is CC1NCCC1c1cc(C(F)(F)F)cc(C(F)(F)F)c1. The standard InChI is InChI=1S/C13H13F6N/c1-7-11(2-3-20-7)8-4-9(12(14,15)16)6-10(5-8)13(17,18)19/h4-7,11,20H,2-3H2,1H3. The van der Waals surface area contributed by atoms with Gasteiger partial charge in [-0.25, -0.2) is 0 Å². The molecule has 2 rings (SSSR count). The fraction of sp³-hybridized carbons (Fsp3) is 0.538. The van der Waals surface area contributed by atoms with Crippen LogP contribution < -0.4 is 5.32 Å². The number of hydrogen-bond acceptors (Lipinski definition) is 1. The van der Waals surface area contributed by atoms with E-state index >= 15 is 0 Å². The molecule has 0 amide bonds. The molecule has 20 heavy (non-hydrogen) atoms. The Labute approximate surface area is 112 Å². The number of benzene rings is 1. The van der Waals surface area contributed by atoms with Crippen molar-refractivity contribution >= 4 is 0 Å². The van der Waals surface area contributed by atoms with Crippen LogP contribution in [0.5, 0.6) is 0 Å². The molecule has 0 aromatic heterocycles. The molecule has 112 valence electrons. The molecule has 7 heteroatoms. The Hall–Kier alpha value is -1.24. The lowest BCUT2D eigenvalue weighted by atomic mass is 9.90. The molecule has 0 saturated carbocycles. The van der Waals surface area contributed by atoms with Crippen LogP contribution in [0.4, 0.5) is 26.3 Å².